The molecule has 0 saturated carbocycles. The molecule has 0 heterocycles. The lowest BCUT2D eigenvalue weighted by molar-refractivity contribution is 0.0990. The third-order valence-electron chi connectivity index (χ3n) is 4.08. The van der Waals surface area contributed by atoms with E-state index in [0.717, 1.165) is 6.42 Å². The quantitative estimate of drug-likeness (QED) is 0.582. The number of carbonyl (C=O) groups is 2. The van der Waals surface area contributed by atoms with E-state index < -0.39 is 0 Å². The van der Waals surface area contributed by atoms with Gasteiger partial charge in [-0.3, -0.25) is 9.59 Å². The summed E-state index contributed by atoms with van der Waals surface area (Å²) >= 11 is 6.25. The lowest BCUT2D eigenvalue weighted by Crippen LogP contribution is -2.09. The van der Waals surface area contributed by atoms with Crippen molar-refractivity contribution in [1.29, 1.82) is 0 Å². The Morgan fingerprint density at radius 1 is 1.08 bits per heavy atom. The van der Waals surface area contributed by atoms with Crippen LogP contribution in [-0.2, 0) is 0 Å². The van der Waals surface area contributed by atoms with Crippen LogP contribution in [0, 0.1) is 0 Å². The molecule has 2 aromatic carbocycles. The maximum Gasteiger partial charge on any atom is 0.197 e. The van der Waals surface area contributed by atoms with Crippen molar-refractivity contribution in [3.05, 3.63) is 69.8 Å². The first-order valence-electron chi connectivity index (χ1n) is 7.87. The Morgan fingerprint density at radius 2 is 1.71 bits per heavy atom. The SMILES string of the molecule is CC[C@H](C)Oc1ccc(C=C2C(=O)c3ccccc3C2=O)cc1Cl. The van der Waals surface area contributed by atoms with Crippen LogP contribution in [0.2, 0.25) is 5.02 Å². The Hall–Kier alpha value is -2.39. The second kappa shape index (κ2) is 6.62. The van der Waals surface area contributed by atoms with Gasteiger partial charge < -0.3 is 4.74 Å². The van der Waals surface area contributed by atoms with Crippen LogP contribution in [0.1, 0.15) is 46.5 Å². The molecule has 3 nitrogen and oxygen atoms in total. The lowest BCUT2D eigenvalue weighted by atomic mass is 10.1. The van der Waals surface area contributed by atoms with Gasteiger partial charge in [-0.25, -0.2) is 0 Å². The molecule has 2 aromatic rings. The molecule has 0 bridgehead atoms. The summed E-state index contributed by atoms with van der Waals surface area (Å²) in [5.74, 6) is 0.110. The normalized spacial score (nSPS) is 14.5. The predicted octanol–water partition coefficient (Wildman–Crippen LogP) is 4.98. The third kappa shape index (κ3) is 3.00. The number of halogens is 1. The number of allylic oxidation sites excluding steroid dienone is 1. The minimum absolute atomic E-state index is 0.0687. The Morgan fingerprint density at radius 3 is 2.25 bits per heavy atom. The minimum atomic E-state index is -0.244. The molecule has 0 aromatic heterocycles. The number of ketones is 2. The molecule has 0 radical (unpaired) electrons. The van der Waals surface area contributed by atoms with E-state index in [1.165, 1.54) is 0 Å². The highest BCUT2D eigenvalue weighted by Gasteiger charge is 2.32. The Kier molecular flexibility index (Phi) is 4.54. The van der Waals surface area contributed by atoms with Gasteiger partial charge in [0.05, 0.1) is 16.7 Å². The molecule has 122 valence electrons. The highest BCUT2D eigenvalue weighted by molar-refractivity contribution is 6.41. The van der Waals surface area contributed by atoms with Gasteiger partial charge in [0.2, 0.25) is 0 Å². The number of benzene rings is 2. The van der Waals surface area contributed by atoms with Crippen LogP contribution in [0.4, 0.5) is 0 Å². The maximum absolute atomic E-state index is 12.4. The van der Waals surface area contributed by atoms with Crippen LogP contribution in [0.3, 0.4) is 0 Å². The van der Waals surface area contributed by atoms with Gasteiger partial charge in [-0.05, 0) is 37.1 Å². The number of fused-ring (bicyclic) bond motifs is 1. The summed E-state index contributed by atoms with van der Waals surface area (Å²) in [5.41, 5.74) is 1.78. The van der Waals surface area contributed by atoms with Crippen molar-refractivity contribution in [3.63, 3.8) is 0 Å². The largest absolute Gasteiger partial charge is 0.489 e. The molecule has 0 spiro atoms. The average Bonchev–Trinajstić information content (AvgIpc) is 2.82. The smallest absolute Gasteiger partial charge is 0.197 e. The molecular formula is C20H17ClO3. The molecular weight excluding hydrogens is 324 g/mol. The zero-order valence-corrected chi connectivity index (χ0v) is 14.3. The number of carbonyl (C=O) groups excluding carboxylic acids is 2. The molecule has 3 rings (SSSR count). The van der Waals surface area contributed by atoms with Crippen LogP contribution >= 0.6 is 11.6 Å². The average molecular weight is 341 g/mol. The third-order valence-corrected chi connectivity index (χ3v) is 4.37. The van der Waals surface area contributed by atoms with Gasteiger partial charge in [0, 0.05) is 11.1 Å². The fourth-order valence-corrected chi connectivity index (χ4v) is 2.81. The number of Topliss-reactive ketones (excluding diaryl/α,β-unsaturated/α-hetero) is 2. The fraction of sp³-hybridized carbons (Fsp3) is 0.200. The molecule has 0 aliphatic heterocycles. The standard InChI is InChI=1S/C20H17ClO3/c1-3-12(2)24-18-9-8-13(11-17(18)21)10-16-19(22)14-6-4-5-7-15(14)20(16)23/h4-12H,3H2,1-2H3/t12-/m0/s1. The van der Waals surface area contributed by atoms with Crippen molar-refractivity contribution in [2.75, 3.05) is 0 Å². The lowest BCUT2D eigenvalue weighted by Gasteiger charge is -2.14. The highest BCUT2D eigenvalue weighted by Crippen LogP contribution is 2.31. The Balaban J connectivity index is 1.92. The molecule has 1 aliphatic carbocycles. The van der Waals surface area contributed by atoms with E-state index in [4.69, 9.17) is 16.3 Å². The topological polar surface area (TPSA) is 43.4 Å². The van der Waals surface area contributed by atoms with Gasteiger partial charge in [-0.15, -0.1) is 0 Å². The number of rotatable bonds is 4. The number of hydrogen-bond donors (Lipinski definition) is 0. The summed E-state index contributed by atoms with van der Waals surface area (Å²) in [7, 11) is 0. The maximum atomic E-state index is 12.4. The monoisotopic (exact) mass is 340 g/mol. The molecule has 1 aliphatic rings. The molecule has 0 unspecified atom stereocenters. The van der Waals surface area contributed by atoms with Crippen LogP contribution in [0.15, 0.2) is 48.0 Å². The molecule has 0 N–H and O–H groups in total. The van der Waals surface area contributed by atoms with E-state index >= 15 is 0 Å². The summed E-state index contributed by atoms with van der Waals surface area (Å²) in [4.78, 5) is 24.8. The summed E-state index contributed by atoms with van der Waals surface area (Å²) in [5, 5.41) is 0.458. The van der Waals surface area contributed by atoms with E-state index in [1.807, 2.05) is 13.8 Å². The van der Waals surface area contributed by atoms with Crippen LogP contribution in [0.5, 0.6) is 5.75 Å². The first-order valence-corrected chi connectivity index (χ1v) is 8.25. The highest BCUT2D eigenvalue weighted by atomic mass is 35.5. The van der Waals surface area contributed by atoms with E-state index in [2.05, 4.69) is 0 Å². The molecule has 0 amide bonds. The van der Waals surface area contributed by atoms with E-state index in [9.17, 15) is 9.59 Å². The van der Waals surface area contributed by atoms with Crippen molar-refractivity contribution in [1.82, 2.24) is 0 Å². The summed E-state index contributed by atoms with van der Waals surface area (Å²) in [6.07, 6.45) is 2.53. The van der Waals surface area contributed by atoms with E-state index in [1.54, 1.807) is 48.5 Å². The van der Waals surface area contributed by atoms with Gasteiger partial charge in [0.15, 0.2) is 11.6 Å². The zero-order chi connectivity index (χ0) is 17.3. The molecule has 0 saturated heterocycles. The Labute approximate surface area is 145 Å². The predicted molar refractivity (Wildman–Crippen MR) is 94.9 cm³/mol. The fourth-order valence-electron chi connectivity index (χ4n) is 2.57. The van der Waals surface area contributed by atoms with Crippen molar-refractivity contribution >= 4 is 29.2 Å². The first kappa shape index (κ1) is 16.5. The van der Waals surface area contributed by atoms with E-state index in [-0.39, 0.29) is 23.2 Å². The van der Waals surface area contributed by atoms with Crippen LogP contribution in [0.25, 0.3) is 6.08 Å². The number of hydrogen-bond acceptors (Lipinski definition) is 3. The van der Waals surface area contributed by atoms with Gasteiger partial charge >= 0.3 is 0 Å². The summed E-state index contributed by atoms with van der Waals surface area (Å²) in [6, 6.07) is 12.1. The minimum Gasteiger partial charge on any atom is -0.489 e. The van der Waals surface area contributed by atoms with Gasteiger partial charge in [-0.1, -0.05) is 48.9 Å². The Bertz CT molecular complexity index is 815. The van der Waals surface area contributed by atoms with Crippen LogP contribution < -0.4 is 4.74 Å². The van der Waals surface area contributed by atoms with E-state index in [0.29, 0.717) is 27.5 Å². The van der Waals surface area contributed by atoms with Gasteiger partial charge in [0.25, 0.3) is 0 Å². The second-order valence-electron chi connectivity index (χ2n) is 5.79. The summed E-state index contributed by atoms with van der Waals surface area (Å²) < 4.78 is 5.73. The zero-order valence-electron chi connectivity index (χ0n) is 13.5. The molecule has 24 heavy (non-hydrogen) atoms. The second-order valence-corrected chi connectivity index (χ2v) is 6.20. The summed E-state index contributed by atoms with van der Waals surface area (Å²) in [6.45, 7) is 4.01. The molecule has 0 fully saturated rings. The molecule has 4 heteroatoms. The number of ether oxygens (including phenoxy) is 1. The van der Waals surface area contributed by atoms with Crippen molar-refractivity contribution < 1.29 is 14.3 Å². The first-order chi connectivity index (χ1) is 11.5. The van der Waals surface area contributed by atoms with Crippen molar-refractivity contribution in [2.45, 2.75) is 26.4 Å². The van der Waals surface area contributed by atoms with Crippen molar-refractivity contribution in [2.24, 2.45) is 0 Å². The molecule has 1 atom stereocenters. The van der Waals surface area contributed by atoms with Crippen LogP contribution in [-0.4, -0.2) is 17.7 Å². The van der Waals surface area contributed by atoms with Gasteiger partial charge in [-0.2, -0.15) is 0 Å². The van der Waals surface area contributed by atoms with Crippen molar-refractivity contribution in [3.8, 4) is 5.75 Å². The van der Waals surface area contributed by atoms with Gasteiger partial charge in [0.1, 0.15) is 5.75 Å².